The second-order valence-electron chi connectivity index (χ2n) is 5.70. The van der Waals surface area contributed by atoms with Crippen LogP contribution in [0.3, 0.4) is 0 Å². The molecule has 1 amide bonds. The van der Waals surface area contributed by atoms with E-state index >= 15 is 0 Å². The van der Waals surface area contributed by atoms with Gasteiger partial charge < -0.3 is 9.80 Å². The molecule has 1 N–H and O–H groups in total. The number of hydrogen-bond donors (Lipinski definition) is 1. The van der Waals surface area contributed by atoms with Gasteiger partial charge >= 0.3 is 0 Å². The number of piperazine rings is 1. The monoisotopic (exact) mass is 290 g/mol. The molecule has 114 valence electrons. The van der Waals surface area contributed by atoms with E-state index in [0.29, 0.717) is 5.69 Å². The molecule has 2 aliphatic rings. The summed E-state index contributed by atoms with van der Waals surface area (Å²) in [6, 6.07) is 3.64. The van der Waals surface area contributed by atoms with Gasteiger partial charge in [-0.3, -0.25) is 10.2 Å². The first kappa shape index (κ1) is 14.2. The Morgan fingerprint density at radius 2 is 1.76 bits per heavy atom. The fourth-order valence-corrected chi connectivity index (χ4v) is 2.68. The Kier molecular flexibility index (Phi) is 4.31. The van der Waals surface area contributed by atoms with Gasteiger partial charge in [0.2, 0.25) is 0 Å². The molecule has 21 heavy (non-hydrogen) atoms. The van der Waals surface area contributed by atoms with Gasteiger partial charge in [0.15, 0.2) is 11.5 Å². The van der Waals surface area contributed by atoms with Gasteiger partial charge in [-0.05, 0) is 32.0 Å². The van der Waals surface area contributed by atoms with E-state index in [2.05, 4.69) is 32.5 Å². The molecule has 2 saturated heterocycles. The van der Waals surface area contributed by atoms with E-state index in [1.807, 2.05) is 11.1 Å². The third kappa shape index (κ3) is 3.48. The number of nitrogens with one attached hydrogen (secondary N) is 1. The Labute approximate surface area is 124 Å². The fourth-order valence-electron chi connectivity index (χ4n) is 2.68. The molecule has 0 saturated carbocycles. The smallest absolute Gasteiger partial charge is 0.286 e. The summed E-state index contributed by atoms with van der Waals surface area (Å²) in [6.45, 7) is 5.64. The topological polar surface area (TPSA) is 64.6 Å². The van der Waals surface area contributed by atoms with Crippen molar-refractivity contribution in [2.24, 2.45) is 0 Å². The zero-order valence-electron chi connectivity index (χ0n) is 12.5. The highest BCUT2D eigenvalue weighted by Gasteiger charge is 2.18. The minimum absolute atomic E-state index is 0.181. The van der Waals surface area contributed by atoms with Crippen molar-refractivity contribution in [1.29, 1.82) is 0 Å². The molecule has 0 radical (unpaired) electrons. The largest absolute Gasteiger partial charge is 0.355 e. The Morgan fingerprint density at radius 1 is 1.05 bits per heavy atom. The van der Waals surface area contributed by atoms with E-state index in [1.54, 1.807) is 6.07 Å². The maximum Gasteiger partial charge on any atom is 0.286 e. The fraction of sp³-hybridized carbons (Fsp3) is 0.643. The van der Waals surface area contributed by atoms with Gasteiger partial charge in [0.25, 0.3) is 5.91 Å². The number of hydrogen-bond acceptors (Lipinski definition) is 6. The van der Waals surface area contributed by atoms with Crippen molar-refractivity contribution in [3.63, 3.8) is 0 Å². The molecule has 7 nitrogen and oxygen atoms in total. The van der Waals surface area contributed by atoms with E-state index in [9.17, 15) is 4.79 Å². The molecule has 1 aromatic heterocycles. The highest BCUT2D eigenvalue weighted by molar-refractivity contribution is 5.91. The SMILES string of the molecule is CN1CCN(NC(=O)c2ccc(N3CCCC3)nn2)CC1. The minimum Gasteiger partial charge on any atom is -0.355 e. The zero-order chi connectivity index (χ0) is 14.7. The number of amides is 1. The zero-order valence-corrected chi connectivity index (χ0v) is 12.5. The van der Waals surface area contributed by atoms with E-state index in [1.165, 1.54) is 12.8 Å². The molecule has 3 heterocycles. The van der Waals surface area contributed by atoms with Crippen molar-refractivity contribution in [3.8, 4) is 0 Å². The molecule has 2 aliphatic heterocycles. The second kappa shape index (κ2) is 6.36. The number of likely N-dealkylation sites (N-methyl/N-ethyl adjacent to an activating group) is 1. The predicted molar refractivity (Wildman–Crippen MR) is 80.0 cm³/mol. The molecule has 0 aromatic carbocycles. The molecular weight excluding hydrogens is 268 g/mol. The third-order valence-corrected chi connectivity index (χ3v) is 4.08. The van der Waals surface area contributed by atoms with Gasteiger partial charge in [-0.25, -0.2) is 5.01 Å². The first-order valence-corrected chi connectivity index (χ1v) is 7.55. The van der Waals surface area contributed by atoms with Crippen LogP contribution in [0.5, 0.6) is 0 Å². The van der Waals surface area contributed by atoms with Crippen LogP contribution < -0.4 is 10.3 Å². The highest BCUT2D eigenvalue weighted by Crippen LogP contribution is 2.16. The third-order valence-electron chi connectivity index (χ3n) is 4.08. The number of nitrogens with zero attached hydrogens (tertiary/aromatic N) is 5. The summed E-state index contributed by atoms with van der Waals surface area (Å²) < 4.78 is 0. The van der Waals surface area contributed by atoms with Crippen molar-refractivity contribution in [3.05, 3.63) is 17.8 Å². The van der Waals surface area contributed by atoms with Crippen LogP contribution in [0.15, 0.2) is 12.1 Å². The molecule has 0 spiro atoms. The van der Waals surface area contributed by atoms with Crippen LogP contribution in [-0.4, -0.2) is 72.3 Å². The summed E-state index contributed by atoms with van der Waals surface area (Å²) in [4.78, 5) is 16.6. The van der Waals surface area contributed by atoms with Crippen molar-refractivity contribution < 1.29 is 4.79 Å². The van der Waals surface area contributed by atoms with Crippen LogP contribution >= 0.6 is 0 Å². The Bertz CT molecular complexity index is 477. The molecule has 0 atom stereocenters. The number of rotatable bonds is 3. The van der Waals surface area contributed by atoms with E-state index in [4.69, 9.17) is 0 Å². The molecule has 2 fully saturated rings. The summed E-state index contributed by atoms with van der Waals surface area (Å²) in [5.41, 5.74) is 3.27. The van der Waals surface area contributed by atoms with Crippen LogP contribution in [0.25, 0.3) is 0 Å². The number of carbonyl (C=O) groups excluding carboxylic acids is 1. The second-order valence-corrected chi connectivity index (χ2v) is 5.70. The summed E-state index contributed by atoms with van der Waals surface area (Å²) in [5, 5.41) is 10.2. The van der Waals surface area contributed by atoms with Gasteiger partial charge in [-0.2, -0.15) is 0 Å². The van der Waals surface area contributed by atoms with Crippen molar-refractivity contribution in [2.75, 3.05) is 51.2 Å². The molecule has 0 aliphatic carbocycles. The predicted octanol–water partition coefficient (Wildman–Crippen LogP) is -0.0310. The molecule has 3 rings (SSSR count). The van der Waals surface area contributed by atoms with E-state index in [0.717, 1.165) is 45.1 Å². The highest BCUT2D eigenvalue weighted by atomic mass is 16.2. The maximum absolute atomic E-state index is 12.1. The van der Waals surface area contributed by atoms with Crippen LogP contribution in [0, 0.1) is 0 Å². The van der Waals surface area contributed by atoms with E-state index < -0.39 is 0 Å². The maximum atomic E-state index is 12.1. The lowest BCUT2D eigenvalue weighted by Gasteiger charge is -2.32. The number of aromatic nitrogens is 2. The number of carbonyl (C=O) groups is 1. The first-order valence-electron chi connectivity index (χ1n) is 7.55. The molecule has 0 bridgehead atoms. The first-order chi connectivity index (χ1) is 10.2. The average Bonchev–Trinajstić information content (AvgIpc) is 3.04. The lowest BCUT2D eigenvalue weighted by atomic mass is 10.3. The molecule has 0 unspecified atom stereocenters. The normalized spacial score (nSPS) is 20.7. The number of anilines is 1. The average molecular weight is 290 g/mol. The standard InChI is InChI=1S/C14H22N6O/c1-18-8-10-20(11-9-18)17-14(21)12-4-5-13(16-15-12)19-6-2-3-7-19/h4-5H,2-3,6-11H2,1H3,(H,17,21). The van der Waals surface area contributed by atoms with Crippen molar-refractivity contribution >= 4 is 11.7 Å². The lowest BCUT2D eigenvalue weighted by molar-refractivity contribution is 0.0657. The van der Waals surface area contributed by atoms with Crippen LogP contribution in [0.1, 0.15) is 23.3 Å². The molecule has 7 heteroatoms. The van der Waals surface area contributed by atoms with Crippen LogP contribution in [0.2, 0.25) is 0 Å². The Balaban J connectivity index is 1.57. The minimum atomic E-state index is -0.181. The van der Waals surface area contributed by atoms with Gasteiger partial charge in [0, 0.05) is 39.3 Å². The van der Waals surface area contributed by atoms with Crippen molar-refractivity contribution in [1.82, 2.24) is 25.5 Å². The van der Waals surface area contributed by atoms with Gasteiger partial charge in [0.1, 0.15) is 0 Å². The van der Waals surface area contributed by atoms with E-state index in [-0.39, 0.29) is 5.91 Å². The summed E-state index contributed by atoms with van der Waals surface area (Å²) in [5.74, 6) is 0.684. The summed E-state index contributed by atoms with van der Waals surface area (Å²) in [7, 11) is 2.09. The number of hydrazine groups is 1. The van der Waals surface area contributed by atoms with Crippen molar-refractivity contribution in [2.45, 2.75) is 12.8 Å². The summed E-state index contributed by atoms with van der Waals surface area (Å²) in [6.07, 6.45) is 2.40. The van der Waals surface area contributed by atoms with Gasteiger partial charge in [0.05, 0.1) is 0 Å². The van der Waals surface area contributed by atoms with Gasteiger partial charge in [-0.1, -0.05) is 0 Å². The molecule has 1 aromatic rings. The summed E-state index contributed by atoms with van der Waals surface area (Å²) >= 11 is 0. The van der Waals surface area contributed by atoms with Crippen LogP contribution in [-0.2, 0) is 0 Å². The Hall–Kier alpha value is -1.73. The quantitative estimate of drug-likeness (QED) is 0.843. The van der Waals surface area contributed by atoms with Gasteiger partial charge in [-0.15, -0.1) is 10.2 Å². The lowest BCUT2D eigenvalue weighted by Crippen LogP contribution is -2.52. The molecular formula is C14H22N6O. The van der Waals surface area contributed by atoms with Crippen LogP contribution in [0.4, 0.5) is 5.82 Å². The Morgan fingerprint density at radius 3 is 2.38 bits per heavy atom.